The lowest BCUT2D eigenvalue weighted by Gasteiger charge is -2.08. The quantitative estimate of drug-likeness (QED) is 0.548. The van der Waals surface area contributed by atoms with Crippen LogP contribution in [0, 0.1) is 6.92 Å². The molecule has 1 aliphatic rings. The van der Waals surface area contributed by atoms with Crippen molar-refractivity contribution in [2.45, 2.75) is 40.0 Å². The molecule has 0 radical (unpaired) electrons. The number of carbonyl (C=O) groups is 4. The Balaban J connectivity index is 1.69. The van der Waals surface area contributed by atoms with E-state index in [-0.39, 0.29) is 29.4 Å². The van der Waals surface area contributed by atoms with Gasteiger partial charge in [-0.3, -0.25) is 14.9 Å². The molecule has 0 saturated carbocycles. The van der Waals surface area contributed by atoms with Crippen molar-refractivity contribution in [2.24, 2.45) is 0 Å². The number of hydrogen-bond acceptors (Lipinski definition) is 7. The third kappa shape index (κ3) is 4.42. The first kappa shape index (κ1) is 21.3. The average molecular weight is 413 g/mol. The van der Waals surface area contributed by atoms with Gasteiger partial charge in [0.2, 0.25) is 5.88 Å². The summed E-state index contributed by atoms with van der Waals surface area (Å²) in [4.78, 5) is 48.7. The Kier molecular flexibility index (Phi) is 6.34. The number of amides is 1. The predicted octanol–water partition coefficient (Wildman–Crippen LogP) is 3.25. The Morgan fingerprint density at radius 2 is 1.77 bits per heavy atom. The summed E-state index contributed by atoms with van der Waals surface area (Å²) in [6, 6.07) is 5.37. The number of furan rings is 1. The van der Waals surface area contributed by atoms with Crippen LogP contribution in [0.1, 0.15) is 68.2 Å². The highest BCUT2D eigenvalue weighted by Crippen LogP contribution is 2.28. The number of Topliss-reactive ketones (excluding diaryl/α,β-unsaturated/α-hetero) is 1. The molecule has 158 valence electrons. The van der Waals surface area contributed by atoms with Gasteiger partial charge in [-0.15, -0.1) is 0 Å². The summed E-state index contributed by atoms with van der Waals surface area (Å²) in [5.74, 6) is -2.55. The summed E-state index contributed by atoms with van der Waals surface area (Å²) < 4.78 is 15.4. The van der Waals surface area contributed by atoms with E-state index in [1.807, 2.05) is 6.07 Å². The second-order valence-electron chi connectivity index (χ2n) is 6.98. The third-order valence-electron chi connectivity index (χ3n) is 4.84. The minimum Gasteiger partial charge on any atom is -0.462 e. The zero-order valence-corrected chi connectivity index (χ0v) is 17.1. The lowest BCUT2D eigenvalue weighted by molar-refractivity contribution is -0.119. The van der Waals surface area contributed by atoms with E-state index in [1.165, 1.54) is 19.4 Å². The highest BCUT2D eigenvalue weighted by molar-refractivity contribution is 6.10. The van der Waals surface area contributed by atoms with E-state index in [1.54, 1.807) is 19.1 Å². The van der Waals surface area contributed by atoms with Crippen molar-refractivity contribution < 1.29 is 33.1 Å². The monoisotopic (exact) mass is 413 g/mol. The van der Waals surface area contributed by atoms with Gasteiger partial charge >= 0.3 is 11.9 Å². The Morgan fingerprint density at radius 3 is 2.47 bits per heavy atom. The maximum absolute atomic E-state index is 12.3. The van der Waals surface area contributed by atoms with Crippen LogP contribution in [-0.4, -0.2) is 36.8 Å². The van der Waals surface area contributed by atoms with Crippen molar-refractivity contribution in [2.75, 3.05) is 18.5 Å². The summed E-state index contributed by atoms with van der Waals surface area (Å²) in [7, 11) is 0. The number of hydrogen-bond donors (Lipinski definition) is 1. The molecule has 0 spiro atoms. The van der Waals surface area contributed by atoms with Crippen LogP contribution in [0.4, 0.5) is 5.88 Å². The van der Waals surface area contributed by atoms with Crippen molar-refractivity contribution in [3.05, 3.63) is 51.8 Å². The zero-order chi connectivity index (χ0) is 21.8. The Morgan fingerprint density at radius 1 is 1.03 bits per heavy atom. The molecule has 8 nitrogen and oxygen atoms in total. The van der Waals surface area contributed by atoms with Crippen molar-refractivity contribution in [3.63, 3.8) is 0 Å². The molecule has 0 aliphatic heterocycles. The number of rotatable bonds is 7. The maximum atomic E-state index is 12.3. The first-order valence-electron chi connectivity index (χ1n) is 9.72. The third-order valence-corrected chi connectivity index (χ3v) is 4.84. The first-order chi connectivity index (χ1) is 14.3. The highest BCUT2D eigenvalue weighted by Gasteiger charge is 2.29. The molecule has 30 heavy (non-hydrogen) atoms. The number of benzene rings is 1. The summed E-state index contributed by atoms with van der Waals surface area (Å²) >= 11 is 0. The van der Waals surface area contributed by atoms with Crippen molar-refractivity contribution in [3.8, 4) is 0 Å². The predicted molar refractivity (Wildman–Crippen MR) is 107 cm³/mol. The number of ketones is 1. The van der Waals surface area contributed by atoms with Gasteiger partial charge in [-0.05, 0) is 63.3 Å². The number of ether oxygens (including phenoxy) is 2. The molecular weight excluding hydrogens is 390 g/mol. The topological polar surface area (TPSA) is 112 Å². The fourth-order valence-electron chi connectivity index (χ4n) is 3.53. The van der Waals surface area contributed by atoms with Gasteiger partial charge in [0.05, 0.1) is 17.7 Å². The van der Waals surface area contributed by atoms with Crippen LogP contribution in [0.2, 0.25) is 0 Å². The number of fused-ring (bicyclic) bond motifs is 1. The van der Waals surface area contributed by atoms with E-state index in [4.69, 9.17) is 13.9 Å². The summed E-state index contributed by atoms with van der Waals surface area (Å²) in [5.41, 5.74) is 2.61. The fourth-order valence-corrected chi connectivity index (χ4v) is 3.53. The Bertz CT molecular complexity index is 1020. The second kappa shape index (κ2) is 8.94. The lowest BCUT2D eigenvalue weighted by atomic mass is 10.1. The van der Waals surface area contributed by atoms with E-state index >= 15 is 0 Å². The van der Waals surface area contributed by atoms with Gasteiger partial charge in [0.15, 0.2) is 12.4 Å². The minimum atomic E-state index is -0.787. The second-order valence-corrected chi connectivity index (χ2v) is 6.98. The number of esters is 2. The van der Waals surface area contributed by atoms with Gasteiger partial charge in [0, 0.05) is 0 Å². The molecule has 1 aromatic carbocycles. The molecule has 8 heteroatoms. The number of anilines is 1. The Hall–Kier alpha value is -3.42. The highest BCUT2D eigenvalue weighted by atomic mass is 16.5. The number of aryl methyl sites for hydroxylation is 3. The van der Waals surface area contributed by atoms with Crippen LogP contribution in [-0.2, 0) is 27.1 Å². The first-order valence-corrected chi connectivity index (χ1v) is 9.72. The molecule has 0 bridgehead atoms. The molecule has 1 amide bonds. The standard InChI is InChI=1S/C22H23NO7/c1-4-28-22(27)19-18(12(2)24)13(3)30-20(19)23-17(25)11-29-21(26)16-9-8-14-6-5-7-15(14)10-16/h8-10H,4-7,11H2,1-3H3,(H,23,25). The van der Waals surface area contributed by atoms with Crippen LogP contribution in [0.3, 0.4) is 0 Å². The molecule has 2 aromatic rings. The SMILES string of the molecule is CCOC(=O)c1c(NC(=O)COC(=O)c2ccc3c(c2)CCC3)oc(C)c1C(C)=O. The minimum absolute atomic E-state index is 0.0406. The van der Waals surface area contributed by atoms with Gasteiger partial charge in [0.25, 0.3) is 5.91 Å². The molecule has 0 fully saturated rings. The smallest absolute Gasteiger partial charge is 0.344 e. The van der Waals surface area contributed by atoms with Gasteiger partial charge in [-0.25, -0.2) is 9.59 Å². The van der Waals surface area contributed by atoms with Crippen LogP contribution >= 0.6 is 0 Å². The summed E-state index contributed by atoms with van der Waals surface area (Å²) in [6.07, 6.45) is 2.98. The largest absolute Gasteiger partial charge is 0.462 e. The van der Waals surface area contributed by atoms with E-state index in [0.29, 0.717) is 5.56 Å². The van der Waals surface area contributed by atoms with Crippen LogP contribution in [0.5, 0.6) is 0 Å². The normalized spacial score (nSPS) is 12.2. The van der Waals surface area contributed by atoms with Crippen LogP contribution < -0.4 is 5.32 Å². The zero-order valence-electron chi connectivity index (χ0n) is 17.1. The molecular formula is C22H23NO7. The summed E-state index contributed by atoms with van der Waals surface area (Å²) in [6.45, 7) is 3.92. The van der Waals surface area contributed by atoms with Crippen molar-refractivity contribution in [1.82, 2.24) is 0 Å². The molecule has 0 unspecified atom stereocenters. The summed E-state index contributed by atoms with van der Waals surface area (Å²) in [5, 5.41) is 2.38. The van der Waals surface area contributed by atoms with E-state index in [9.17, 15) is 19.2 Å². The molecule has 1 heterocycles. The lowest BCUT2D eigenvalue weighted by Crippen LogP contribution is -2.22. The van der Waals surface area contributed by atoms with Gasteiger partial charge in [-0.2, -0.15) is 0 Å². The van der Waals surface area contributed by atoms with Crippen LogP contribution in [0.25, 0.3) is 0 Å². The number of carbonyl (C=O) groups excluding carboxylic acids is 4. The van der Waals surface area contributed by atoms with Crippen molar-refractivity contribution in [1.29, 1.82) is 0 Å². The van der Waals surface area contributed by atoms with Crippen molar-refractivity contribution >= 4 is 29.5 Å². The van der Waals surface area contributed by atoms with Gasteiger partial charge in [0.1, 0.15) is 11.3 Å². The molecule has 1 aromatic heterocycles. The Labute approximate surface area is 173 Å². The fraction of sp³-hybridized carbons (Fsp3) is 0.364. The molecule has 0 atom stereocenters. The average Bonchev–Trinajstić information content (AvgIpc) is 3.29. The molecule has 0 saturated heterocycles. The maximum Gasteiger partial charge on any atom is 0.344 e. The van der Waals surface area contributed by atoms with Gasteiger partial charge in [-0.1, -0.05) is 6.07 Å². The molecule has 1 N–H and O–H groups in total. The van der Waals surface area contributed by atoms with E-state index < -0.39 is 30.2 Å². The van der Waals surface area contributed by atoms with E-state index in [0.717, 1.165) is 24.8 Å². The van der Waals surface area contributed by atoms with Crippen LogP contribution in [0.15, 0.2) is 22.6 Å². The molecule has 1 aliphatic carbocycles. The molecule has 3 rings (SSSR count). The number of nitrogens with one attached hydrogen (secondary N) is 1. The van der Waals surface area contributed by atoms with Gasteiger partial charge < -0.3 is 13.9 Å². The van der Waals surface area contributed by atoms with E-state index in [2.05, 4.69) is 5.32 Å².